The lowest BCUT2D eigenvalue weighted by atomic mass is 10.1. The van der Waals surface area contributed by atoms with Gasteiger partial charge in [0.05, 0.1) is 11.4 Å². The van der Waals surface area contributed by atoms with Gasteiger partial charge >= 0.3 is 4.87 Å². The fraction of sp³-hybridized carbons (Fsp3) is 0.278. The van der Waals surface area contributed by atoms with Crippen LogP contribution in [0.4, 0.5) is 5.82 Å². The van der Waals surface area contributed by atoms with Crippen LogP contribution in [0.15, 0.2) is 34.4 Å². The van der Waals surface area contributed by atoms with E-state index in [4.69, 9.17) is 0 Å². The molecule has 0 unspecified atom stereocenters. The van der Waals surface area contributed by atoms with Crippen LogP contribution in [0.3, 0.4) is 0 Å². The second-order valence-corrected chi connectivity index (χ2v) is 7.03. The smallest absolute Gasteiger partial charge is 0.307 e. The maximum absolute atomic E-state index is 12.4. The van der Waals surface area contributed by atoms with E-state index >= 15 is 0 Å². The molecular formula is C18H20N4O2S. The lowest BCUT2D eigenvalue weighted by molar-refractivity contribution is -0.116. The largest absolute Gasteiger partial charge is 0.309 e. The molecule has 7 heteroatoms. The van der Waals surface area contributed by atoms with Crippen LogP contribution < -0.4 is 10.2 Å². The van der Waals surface area contributed by atoms with Gasteiger partial charge in [-0.2, -0.15) is 5.10 Å². The van der Waals surface area contributed by atoms with Crippen molar-refractivity contribution in [3.05, 3.63) is 61.8 Å². The first kappa shape index (κ1) is 17.2. The van der Waals surface area contributed by atoms with E-state index in [0.29, 0.717) is 5.82 Å². The average Bonchev–Trinajstić information content (AvgIpc) is 3.03. The van der Waals surface area contributed by atoms with E-state index in [1.165, 1.54) is 4.57 Å². The Labute approximate surface area is 149 Å². The lowest BCUT2D eigenvalue weighted by Gasteiger charge is -2.11. The molecule has 2 heterocycles. The summed E-state index contributed by atoms with van der Waals surface area (Å²) in [6.45, 7) is 7.73. The van der Waals surface area contributed by atoms with Crippen LogP contribution in [0, 0.1) is 27.7 Å². The zero-order valence-corrected chi connectivity index (χ0v) is 15.5. The Kier molecular flexibility index (Phi) is 4.59. The molecule has 3 aromatic rings. The monoisotopic (exact) mass is 356 g/mol. The van der Waals surface area contributed by atoms with Crippen LogP contribution in [0.5, 0.6) is 0 Å². The van der Waals surface area contributed by atoms with E-state index in [1.54, 1.807) is 10.1 Å². The molecule has 0 aliphatic rings. The Hall–Kier alpha value is -2.67. The minimum absolute atomic E-state index is 0.00869. The molecule has 6 nitrogen and oxygen atoms in total. The number of hydrogen-bond acceptors (Lipinski definition) is 4. The normalized spacial score (nSPS) is 10.9. The highest BCUT2D eigenvalue weighted by atomic mass is 32.1. The first-order chi connectivity index (χ1) is 11.8. The van der Waals surface area contributed by atoms with Gasteiger partial charge in [0, 0.05) is 17.1 Å². The summed E-state index contributed by atoms with van der Waals surface area (Å²) in [6.07, 6.45) is 0. The average molecular weight is 356 g/mol. The molecule has 2 aromatic heterocycles. The van der Waals surface area contributed by atoms with Crippen molar-refractivity contribution in [2.75, 3.05) is 5.32 Å². The molecular weight excluding hydrogens is 336 g/mol. The highest BCUT2D eigenvalue weighted by Gasteiger charge is 2.13. The maximum atomic E-state index is 12.4. The molecule has 0 radical (unpaired) electrons. The first-order valence-corrected chi connectivity index (χ1v) is 8.81. The molecule has 0 saturated carbocycles. The summed E-state index contributed by atoms with van der Waals surface area (Å²) >= 11 is 1.10. The Balaban J connectivity index is 1.88. The van der Waals surface area contributed by atoms with Crippen LogP contribution in [0.1, 0.15) is 22.5 Å². The number of hydrogen-bond donors (Lipinski definition) is 1. The zero-order valence-electron chi connectivity index (χ0n) is 14.7. The van der Waals surface area contributed by atoms with Crippen LogP contribution in [-0.4, -0.2) is 20.3 Å². The third-order valence-electron chi connectivity index (χ3n) is 3.83. The maximum Gasteiger partial charge on any atom is 0.307 e. The van der Waals surface area contributed by atoms with Gasteiger partial charge in [0.15, 0.2) is 0 Å². The van der Waals surface area contributed by atoms with Crippen molar-refractivity contribution in [2.24, 2.45) is 0 Å². The topological polar surface area (TPSA) is 68.9 Å². The van der Waals surface area contributed by atoms with Crippen LogP contribution in [0.25, 0.3) is 5.69 Å². The molecule has 130 valence electrons. The Morgan fingerprint density at radius 3 is 2.40 bits per heavy atom. The summed E-state index contributed by atoms with van der Waals surface area (Å²) in [5.41, 5.74) is 4.73. The molecule has 1 aromatic carbocycles. The van der Waals surface area contributed by atoms with Gasteiger partial charge in [0.2, 0.25) is 5.91 Å². The van der Waals surface area contributed by atoms with Gasteiger partial charge in [-0.1, -0.05) is 17.4 Å². The molecule has 0 fully saturated rings. The number of aryl methyl sites for hydroxylation is 4. The second-order valence-electron chi connectivity index (χ2n) is 6.21. The summed E-state index contributed by atoms with van der Waals surface area (Å²) in [7, 11) is 0. The second kappa shape index (κ2) is 6.68. The van der Waals surface area contributed by atoms with Crippen LogP contribution in [-0.2, 0) is 11.3 Å². The van der Waals surface area contributed by atoms with Crippen molar-refractivity contribution in [1.82, 2.24) is 14.3 Å². The Morgan fingerprint density at radius 2 is 1.80 bits per heavy atom. The molecule has 0 aliphatic heterocycles. The minimum atomic E-state index is -0.255. The summed E-state index contributed by atoms with van der Waals surface area (Å²) < 4.78 is 3.18. The Morgan fingerprint density at radius 1 is 1.12 bits per heavy atom. The highest BCUT2D eigenvalue weighted by Crippen LogP contribution is 2.20. The summed E-state index contributed by atoms with van der Waals surface area (Å²) in [6, 6.07) is 7.94. The molecule has 0 atom stereocenters. The quantitative estimate of drug-likeness (QED) is 0.781. The van der Waals surface area contributed by atoms with Gasteiger partial charge in [-0.25, -0.2) is 4.68 Å². The number of amides is 1. The fourth-order valence-corrected chi connectivity index (χ4v) is 3.51. The fourth-order valence-electron chi connectivity index (χ4n) is 2.78. The van der Waals surface area contributed by atoms with Crippen molar-refractivity contribution in [3.8, 4) is 5.69 Å². The Bertz CT molecular complexity index is 977. The number of carbonyl (C=O) groups is 1. The number of rotatable bonds is 4. The van der Waals surface area contributed by atoms with E-state index in [0.717, 1.165) is 39.5 Å². The number of nitrogens with zero attached hydrogens (tertiary/aromatic N) is 3. The number of nitrogens with one attached hydrogen (secondary N) is 1. The molecule has 25 heavy (non-hydrogen) atoms. The van der Waals surface area contributed by atoms with Crippen molar-refractivity contribution < 1.29 is 4.79 Å². The van der Waals surface area contributed by atoms with Gasteiger partial charge < -0.3 is 5.32 Å². The van der Waals surface area contributed by atoms with Crippen molar-refractivity contribution in [2.45, 2.75) is 34.2 Å². The third-order valence-corrected chi connectivity index (χ3v) is 4.71. The predicted octanol–water partition coefficient (Wildman–Crippen LogP) is 2.97. The van der Waals surface area contributed by atoms with Gasteiger partial charge in [0.1, 0.15) is 12.4 Å². The van der Waals surface area contributed by atoms with E-state index in [-0.39, 0.29) is 17.3 Å². The van der Waals surface area contributed by atoms with Crippen LogP contribution in [0.2, 0.25) is 0 Å². The predicted molar refractivity (Wildman–Crippen MR) is 99.7 cm³/mol. The van der Waals surface area contributed by atoms with Gasteiger partial charge in [0.25, 0.3) is 0 Å². The van der Waals surface area contributed by atoms with Crippen molar-refractivity contribution >= 4 is 23.1 Å². The van der Waals surface area contributed by atoms with Crippen molar-refractivity contribution in [3.63, 3.8) is 0 Å². The highest BCUT2D eigenvalue weighted by molar-refractivity contribution is 7.07. The number of anilines is 1. The van der Waals surface area contributed by atoms with E-state index in [9.17, 15) is 9.59 Å². The number of thiazole rings is 1. The van der Waals surface area contributed by atoms with Gasteiger partial charge in [-0.15, -0.1) is 0 Å². The molecule has 0 bridgehead atoms. The molecule has 0 saturated heterocycles. The molecule has 0 spiro atoms. The first-order valence-electron chi connectivity index (χ1n) is 7.93. The molecule has 3 rings (SSSR count). The van der Waals surface area contributed by atoms with E-state index in [2.05, 4.69) is 16.5 Å². The number of aromatic nitrogens is 3. The minimum Gasteiger partial charge on any atom is -0.309 e. The number of benzene rings is 1. The van der Waals surface area contributed by atoms with Crippen molar-refractivity contribution in [1.29, 1.82) is 0 Å². The lowest BCUT2D eigenvalue weighted by Crippen LogP contribution is -2.26. The SMILES string of the molecule is Cc1cc(C)cc(-n2nc(C)cc2NC(=O)Cn2c(C)csc2=O)c1. The molecule has 1 N–H and O–H groups in total. The molecule has 1 amide bonds. The summed E-state index contributed by atoms with van der Waals surface area (Å²) in [5.74, 6) is 0.336. The third kappa shape index (κ3) is 3.71. The van der Waals surface area contributed by atoms with E-state index in [1.807, 2.05) is 45.9 Å². The van der Waals surface area contributed by atoms with Gasteiger partial charge in [-0.3, -0.25) is 14.2 Å². The van der Waals surface area contributed by atoms with Crippen LogP contribution >= 0.6 is 11.3 Å². The zero-order chi connectivity index (χ0) is 18.1. The van der Waals surface area contributed by atoms with Gasteiger partial charge in [-0.05, 0) is 51.0 Å². The molecule has 0 aliphatic carbocycles. The number of carbonyl (C=O) groups excluding carboxylic acids is 1. The summed E-state index contributed by atoms with van der Waals surface area (Å²) in [5, 5.41) is 9.10. The standard InChI is InChI=1S/C18H20N4O2S/c1-11-5-12(2)7-15(6-11)22-16(8-13(3)20-22)19-17(23)9-21-14(4)10-25-18(21)24/h5-8,10H,9H2,1-4H3,(H,19,23). The summed E-state index contributed by atoms with van der Waals surface area (Å²) in [4.78, 5) is 24.1. The van der Waals surface area contributed by atoms with E-state index < -0.39 is 0 Å².